The molecule has 130 valence electrons. The van der Waals surface area contributed by atoms with Crippen molar-refractivity contribution in [2.75, 3.05) is 17.6 Å². The number of nitrogens with one attached hydrogen (secondary N) is 2. The fraction of sp³-hybridized carbons (Fsp3) is 0.500. The zero-order valence-electron chi connectivity index (χ0n) is 14.0. The first-order valence-corrected chi connectivity index (χ1v) is 8.27. The summed E-state index contributed by atoms with van der Waals surface area (Å²) >= 11 is 1.30. The summed E-state index contributed by atoms with van der Waals surface area (Å²) in [6.07, 6.45) is 0. The third-order valence-electron chi connectivity index (χ3n) is 2.89. The van der Waals surface area contributed by atoms with Crippen LogP contribution in [0.1, 0.15) is 26.3 Å². The Morgan fingerprint density at radius 1 is 1.26 bits per heavy atom. The molecule has 0 aliphatic heterocycles. The van der Waals surface area contributed by atoms with Crippen LogP contribution in [0.15, 0.2) is 24.3 Å². The van der Waals surface area contributed by atoms with E-state index in [1.807, 2.05) is 45.0 Å². The second kappa shape index (κ2) is 9.80. The molecule has 0 saturated heterocycles. The second-order valence-corrected chi connectivity index (χ2v) is 7.40. The third-order valence-corrected chi connectivity index (χ3v) is 4.03. The van der Waals surface area contributed by atoms with E-state index < -0.39 is 5.54 Å². The van der Waals surface area contributed by atoms with Gasteiger partial charge >= 0.3 is 0 Å². The van der Waals surface area contributed by atoms with Crippen molar-refractivity contribution < 1.29 is 9.59 Å². The molecule has 0 aromatic heterocycles. The van der Waals surface area contributed by atoms with Gasteiger partial charge in [-0.3, -0.25) is 9.59 Å². The number of amides is 2. The number of nitrogens with two attached hydrogens (primary N) is 1. The van der Waals surface area contributed by atoms with E-state index in [4.69, 9.17) is 5.73 Å². The van der Waals surface area contributed by atoms with Crippen LogP contribution in [0.4, 0.5) is 5.69 Å². The molecule has 1 rings (SSSR count). The minimum atomic E-state index is -0.442. The number of anilines is 1. The number of hydrogen-bond donors (Lipinski definition) is 3. The van der Waals surface area contributed by atoms with Crippen LogP contribution in [0.2, 0.25) is 0 Å². The summed E-state index contributed by atoms with van der Waals surface area (Å²) in [4.78, 5) is 23.7. The van der Waals surface area contributed by atoms with Gasteiger partial charge in [0.05, 0.1) is 11.0 Å². The molecule has 2 amide bonds. The summed E-state index contributed by atoms with van der Waals surface area (Å²) < 4.78 is 0. The number of aryl methyl sites for hydroxylation is 1. The molecule has 7 heteroatoms. The van der Waals surface area contributed by atoms with Crippen molar-refractivity contribution >= 4 is 41.7 Å². The molecule has 1 aromatic carbocycles. The Bertz CT molecular complexity index is 515. The summed E-state index contributed by atoms with van der Waals surface area (Å²) in [7, 11) is 0. The number of benzene rings is 1. The highest BCUT2D eigenvalue weighted by molar-refractivity contribution is 8.01. The van der Waals surface area contributed by atoms with Gasteiger partial charge in [0.1, 0.15) is 0 Å². The summed E-state index contributed by atoms with van der Waals surface area (Å²) in [5, 5.41) is 5.29. The van der Waals surface area contributed by atoms with Crippen molar-refractivity contribution in [2.24, 2.45) is 5.73 Å². The van der Waals surface area contributed by atoms with Crippen molar-refractivity contribution in [3.8, 4) is 0 Å². The van der Waals surface area contributed by atoms with E-state index in [1.54, 1.807) is 6.92 Å². The van der Waals surface area contributed by atoms with E-state index >= 15 is 0 Å². The van der Waals surface area contributed by atoms with Crippen molar-refractivity contribution in [1.29, 1.82) is 0 Å². The van der Waals surface area contributed by atoms with E-state index in [-0.39, 0.29) is 35.2 Å². The summed E-state index contributed by atoms with van der Waals surface area (Å²) in [5.74, 6) is 0.00778. The van der Waals surface area contributed by atoms with E-state index in [0.717, 1.165) is 11.3 Å². The van der Waals surface area contributed by atoms with Crippen LogP contribution >= 0.6 is 24.2 Å². The largest absolute Gasteiger partial charge is 0.353 e. The Kier molecular flexibility index (Phi) is 9.27. The third kappa shape index (κ3) is 9.48. The second-order valence-electron chi connectivity index (χ2n) is 6.07. The Hall–Kier alpha value is -1.24. The molecular weight excluding hydrogens is 334 g/mol. The first-order chi connectivity index (χ1) is 10.2. The van der Waals surface area contributed by atoms with Crippen molar-refractivity contribution in [3.05, 3.63) is 29.8 Å². The normalized spacial score (nSPS) is 12.0. The lowest BCUT2D eigenvalue weighted by molar-refractivity contribution is -0.120. The highest BCUT2D eigenvalue weighted by Gasteiger charge is 2.18. The van der Waals surface area contributed by atoms with E-state index in [0.29, 0.717) is 6.54 Å². The van der Waals surface area contributed by atoms with E-state index in [9.17, 15) is 9.59 Å². The molecule has 23 heavy (non-hydrogen) atoms. The van der Waals surface area contributed by atoms with Gasteiger partial charge in [-0.1, -0.05) is 17.7 Å². The molecule has 0 fully saturated rings. The van der Waals surface area contributed by atoms with Gasteiger partial charge in [0, 0.05) is 17.8 Å². The molecule has 0 heterocycles. The average Bonchev–Trinajstić information content (AvgIpc) is 2.44. The number of carbonyl (C=O) groups is 2. The molecule has 5 nitrogen and oxygen atoms in total. The van der Waals surface area contributed by atoms with Crippen LogP contribution in [0.25, 0.3) is 0 Å². The quantitative estimate of drug-likeness (QED) is 0.697. The van der Waals surface area contributed by atoms with Crippen molar-refractivity contribution in [2.45, 2.75) is 38.5 Å². The fourth-order valence-corrected chi connectivity index (χ4v) is 2.28. The number of thioether (sulfide) groups is 1. The molecule has 1 aromatic rings. The van der Waals surface area contributed by atoms with Gasteiger partial charge in [0.25, 0.3) is 0 Å². The van der Waals surface area contributed by atoms with Gasteiger partial charge in [-0.05, 0) is 39.8 Å². The van der Waals surface area contributed by atoms with Crippen LogP contribution in [0, 0.1) is 6.92 Å². The molecule has 0 spiro atoms. The molecule has 1 unspecified atom stereocenters. The van der Waals surface area contributed by atoms with E-state index in [1.165, 1.54) is 11.8 Å². The van der Waals surface area contributed by atoms with Crippen molar-refractivity contribution in [3.63, 3.8) is 0 Å². The summed E-state index contributed by atoms with van der Waals surface area (Å²) in [5.41, 5.74) is 7.28. The molecular formula is C16H26ClN3O2S. The van der Waals surface area contributed by atoms with Crippen LogP contribution in [-0.4, -0.2) is 34.9 Å². The minimum Gasteiger partial charge on any atom is -0.353 e. The monoisotopic (exact) mass is 359 g/mol. The molecule has 4 N–H and O–H groups in total. The molecule has 0 radical (unpaired) electrons. The lowest BCUT2D eigenvalue weighted by Gasteiger charge is -2.20. The van der Waals surface area contributed by atoms with Crippen molar-refractivity contribution in [1.82, 2.24) is 5.32 Å². The van der Waals surface area contributed by atoms with Gasteiger partial charge in [0.15, 0.2) is 0 Å². The molecule has 0 aliphatic rings. The molecule has 1 atom stereocenters. The predicted molar refractivity (Wildman–Crippen MR) is 100 cm³/mol. The van der Waals surface area contributed by atoms with Crippen LogP contribution in [0.3, 0.4) is 0 Å². The fourth-order valence-electron chi connectivity index (χ4n) is 1.57. The predicted octanol–water partition coefficient (Wildman–Crippen LogP) is 2.33. The van der Waals surface area contributed by atoms with Gasteiger partial charge in [-0.2, -0.15) is 0 Å². The summed E-state index contributed by atoms with van der Waals surface area (Å²) in [6.45, 7) is 7.87. The first-order valence-electron chi connectivity index (χ1n) is 7.22. The molecule has 0 bridgehead atoms. The van der Waals surface area contributed by atoms with Crippen LogP contribution in [0.5, 0.6) is 0 Å². The maximum absolute atomic E-state index is 11.9. The Labute approximate surface area is 148 Å². The lowest BCUT2D eigenvalue weighted by atomic mass is 10.1. The zero-order valence-corrected chi connectivity index (χ0v) is 15.6. The Morgan fingerprint density at radius 3 is 2.35 bits per heavy atom. The summed E-state index contributed by atoms with van der Waals surface area (Å²) in [6, 6.07) is 7.59. The number of rotatable bonds is 7. The number of halogens is 1. The topological polar surface area (TPSA) is 84.2 Å². The zero-order chi connectivity index (χ0) is 16.8. The van der Waals surface area contributed by atoms with Gasteiger partial charge in [-0.25, -0.2) is 0 Å². The number of hydrogen-bond acceptors (Lipinski definition) is 4. The highest BCUT2D eigenvalue weighted by Crippen LogP contribution is 2.13. The minimum absolute atomic E-state index is 0. The van der Waals surface area contributed by atoms with Gasteiger partial charge in [0.2, 0.25) is 11.8 Å². The lowest BCUT2D eigenvalue weighted by Crippen LogP contribution is -2.46. The first kappa shape index (κ1) is 21.8. The SMILES string of the molecule is Cc1ccc(NC(=O)CSC(C)C(=O)NCC(C)(C)N)cc1.Cl. The van der Waals surface area contributed by atoms with E-state index in [2.05, 4.69) is 10.6 Å². The maximum Gasteiger partial charge on any atom is 0.234 e. The highest BCUT2D eigenvalue weighted by atomic mass is 35.5. The molecule has 0 saturated carbocycles. The van der Waals surface area contributed by atoms with Gasteiger partial charge < -0.3 is 16.4 Å². The standard InChI is InChI=1S/C16H25N3O2S.ClH/c1-11-5-7-13(8-6-11)19-14(20)9-22-12(2)15(21)18-10-16(3,4)17;/h5-8,12H,9-10,17H2,1-4H3,(H,18,21)(H,19,20);1H. The molecule has 0 aliphatic carbocycles. The maximum atomic E-state index is 11.9. The van der Waals surface area contributed by atoms with Crippen LogP contribution in [-0.2, 0) is 9.59 Å². The van der Waals surface area contributed by atoms with Gasteiger partial charge in [-0.15, -0.1) is 24.2 Å². The Balaban J connectivity index is 0.00000484. The number of carbonyl (C=O) groups excluding carboxylic acids is 2. The smallest absolute Gasteiger partial charge is 0.234 e. The Morgan fingerprint density at radius 2 is 1.83 bits per heavy atom. The van der Waals surface area contributed by atoms with Crippen LogP contribution < -0.4 is 16.4 Å². The average molecular weight is 360 g/mol.